The third kappa shape index (κ3) is 6.11. The smallest absolute Gasteiger partial charge is 0.439 e. The molecule has 1 N–H and O–H groups in total. The summed E-state index contributed by atoms with van der Waals surface area (Å²) in [6.45, 7) is 5.76. The average Bonchev–Trinajstić information content (AvgIpc) is 2.68. The number of ether oxygens (including phenoxy) is 3. The lowest BCUT2D eigenvalue weighted by Gasteiger charge is -2.44. The Morgan fingerprint density at radius 2 is 1.87 bits per heavy atom. The van der Waals surface area contributed by atoms with Crippen LogP contribution in [-0.2, 0) is 4.74 Å². The van der Waals surface area contributed by atoms with Gasteiger partial charge in [0, 0.05) is 44.0 Å². The summed E-state index contributed by atoms with van der Waals surface area (Å²) >= 11 is 0. The summed E-state index contributed by atoms with van der Waals surface area (Å²) in [5.74, 6) is 0.636. The Morgan fingerprint density at radius 3 is 2.55 bits per heavy atom. The molecule has 2 aliphatic rings. The molecule has 7 nitrogen and oxygen atoms in total. The number of alkyl halides is 3. The summed E-state index contributed by atoms with van der Waals surface area (Å²) < 4.78 is 53.0. The predicted octanol–water partition coefficient (Wildman–Crippen LogP) is 3.86. The van der Waals surface area contributed by atoms with Crippen molar-refractivity contribution in [3.05, 3.63) is 36.0 Å². The number of anilines is 1. The molecule has 0 unspecified atom stereocenters. The first-order valence-corrected chi connectivity index (χ1v) is 9.79. The number of benzene rings is 1. The van der Waals surface area contributed by atoms with E-state index in [4.69, 9.17) is 9.47 Å². The van der Waals surface area contributed by atoms with Crippen LogP contribution in [0.5, 0.6) is 17.4 Å². The topological polar surface area (TPSA) is 68.7 Å². The molecule has 2 fully saturated rings. The standard InChI is InChI=1S/C20H23F3N4O3.ClH/c1-14-11-17(29-15-3-2-4-16(12-15)30-20(21,22)23)26-18(25-14)27-8-5-19(6-9-27)13-24-7-10-28-19;/h2-4,11-12,24H,5-10,13H2,1H3;1H. The van der Waals surface area contributed by atoms with Gasteiger partial charge in [0.25, 0.3) is 0 Å². The van der Waals surface area contributed by atoms with E-state index >= 15 is 0 Å². The highest BCUT2D eigenvalue weighted by Crippen LogP contribution is 2.31. The lowest BCUT2D eigenvalue weighted by Crippen LogP contribution is -2.55. The number of hydrogen-bond acceptors (Lipinski definition) is 7. The number of nitrogens with zero attached hydrogens (tertiary/aromatic N) is 3. The lowest BCUT2D eigenvalue weighted by molar-refractivity contribution is -0.274. The van der Waals surface area contributed by atoms with Gasteiger partial charge in [0.2, 0.25) is 11.8 Å². The maximum atomic E-state index is 12.4. The monoisotopic (exact) mass is 460 g/mol. The van der Waals surface area contributed by atoms with E-state index in [1.54, 1.807) is 12.1 Å². The van der Waals surface area contributed by atoms with E-state index in [0.29, 0.717) is 11.6 Å². The molecule has 170 valence electrons. The van der Waals surface area contributed by atoms with Crippen molar-refractivity contribution >= 4 is 18.4 Å². The van der Waals surface area contributed by atoms with Gasteiger partial charge in [-0.1, -0.05) is 6.07 Å². The Balaban J connectivity index is 0.00000272. The minimum absolute atomic E-state index is 0. The second-order valence-corrected chi connectivity index (χ2v) is 7.47. The van der Waals surface area contributed by atoms with Crippen LogP contribution in [0, 0.1) is 6.92 Å². The van der Waals surface area contributed by atoms with Crippen LogP contribution in [0.15, 0.2) is 30.3 Å². The van der Waals surface area contributed by atoms with Crippen LogP contribution in [0.25, 0.3) is 0 Å². The Bertz CT molecular complexity index is 884. The summed E-state index contributed by atoms with van der Waals surface area (Å²) in [6.07, 6.45) is -3.03. The minimum Gasteiger partial charge on any atom is -0.439 e. The van der Waals surface area contributed by atoms with Crippen LogP contribution in [0.4, 0.5) is 19.1 Å². The van der Waals surface area contributed by atoms with E-state index in [1.807, 2.05) is 6.92 Å². The van der Waals surface area contributed by atoms with Crippen molar-refractivity contribution in [1.82, 2.24) is 15.3 Å². The van der Waals surface area contributed by atoms with E-state index < -0.39 is 6.36 Å². The number of morpholine rings is 1. The fraction of sp³-hybridized carbons (Fsp3) is 0.500. The van der Waals surface area contributed by atoms with Crippen LogP contribution in [0.1, 0.15) is 18.5 Å². The van der Waals surface area contributed by atoms with E-state index in [-0.39, 0.29) is 35.4 Å². The van der Waals surface area contributed by atoms with Gasteiger partial charge >= 0.3 is 6.36 Å². The molecule has 2 saturated heterocycles. The zero-order chi connectivity index (χ0) is 21.2. The highest BCUT2D eigenvalue weighted by atomic mass is 35.5. The Labute approximate surface area is 184 Å². The molecule has 1 aromatic heterocycles. The second-order valence-electron chi connectivity index (χ2n) is 7.47. The van der Waals surface area contributed by atoms with Gasteiger partial charge in [-0.15, -0.1) is 25.6 Å². The summed E-state index contributed by atoms with van der Waals surface area (Å²) in [7, 11) is 0. The summed E-state index contributed by atoms with van der Waals surface area (Å²) in [5.41, 5.74) is 0.574. The van der Waals surface area contributed by atoms with Crippen LogP contribution in [-0.4, -0.2) is 54.7 Å². The molecule has 0 radical (unpaired) electrons. The largest absolute Gasteiger partial charge is 0.573 e. The van der Waals surface area contributed by atoms with Crippen molar-refractivity contribution in [2.24, 2.45) is 0 Å². The van der Waals surface area contributed by atoms with Gasteiger partial charge in [-0.2, -0.15) is 4.98 Å². The molecule has 0 bridgehead atoms. The first-order chi connectivity index (χ1) is 14.3. The van der Waals surface area contributed by atoms with Gasteiger partial charge in [0.1, 0.15) is 11.5 Å². The van der Waals surface area contributed by atoms with Gasteiger partial charge < -0.3 is 24.4 Å². The Hall–Kier alpha value is -2.30. The van der Waals surface area contributed by atoms with Crippen molar-refractivity contribution in [2.45, 2.75) is 31.7 Å². The fourth-order valence-corrected chi connectivity index (χ4v) is 3.72. The molecule has 0 saturated carbocycles. The van der Waals surface area contributed by atoms with Crippen molar-refractivity contribution < 1.29 is 27.4 Å². The van der Waals surface area contributed by atoms with Crippen molar-refractivity contribution in [3.8, 4) is 17.4 Å². The molecule has 0 amide bonds. The number of aryl methyl sites for hydroxylation is 1. The molecule has 0 atom stereocenters. The number of nitrogens with one attached hydrogen (secondary N) is 1. The molecule has 1 aromatic carbocycles. The van der Waals surface area contributed by atoms with E-state index in [0.717, 1.165) is 45.6 Å². The molecule has 4 rings (SSSR count). The molecule has 2 aromatic rings. The van der Waals surface area contributed by atoms with Crippen LogP contribution >= 0.6 is 12.4 Å². The second kappa shape index (κ2) is 9.46. The fourth-order valence-electron chi connectivity index (χ4n) is 3.72. The highest BCUT2D eigenvalue weighted by Gasteiger charge is 2.37. The Kier molecular flexibility index (Phi) is 7.13. The molecule has 11 heteroatoms. The molecule has 0 aliphatic carbocycles. The number of halogens is 4. The van der Waals surface area contributed by atoms with Crippen molar-refractivity contribution in [1.29, 1.82) is 0 Å². The zero-order valence-corrected chi connectivity index (χ0v) is 17.8. The number of rotatable bonds is 4. The maximum Gasteiger partial charge on any atom is 0.573 e. The molecular formula is C20H24ClF3N4O3. The summed E-state index contributed by atoms with van der Waals surface area (Å²) in [6, 6.07) is 6.98. The number of hydrogen-bond donors (Lipinski definition) is 1. The van der Waals surface area contributed by atoms with Gasteiger partial charge in [-0.25, -0.2) is 4.98 Å². The third-order valence-corrected chi connectivity index (χ3v) is 5.17. The van der Waals surface area contributed by atoms with Gasteiger partial charge in [-0.05, 0) is 31.9 Å². The Morgan fingerprint density at radius 1 is 1.13 bits per heavy atom. The van der Waals surface area contributed by atoms with Crippen molar-refractivity contribution in [2.75, 3.05) is 37.7 Å². The molecular weight excluding hydrogens is 437 g/mol. The molecule has 3 heterocycles. The lowest BCUT2D eigenvalue weighted by atomic mass is 9.90. The first-order valence-electron chi connectivity index (χ1n) is 9.79. The zero-order valence-electron chi connectivity index (χ0n) is 16.9. The molecule has 1 spiro atoms. The van der Waals surface area contributed by atoms with Crippen molar-refractivity contribution in [3.63, 3.8) is 0 Å². The van der Waals surface area contributed by atoms with E-state index in [1.165, 1.54) is 18.2 Å². The third-order valence-electron chi connectivity index (χ3n) is 5.17. The number of aromatic nitrogens is 2. The van der Waals surface area contributed by atoms with Crippen LogP contribution in [0.2, 0.25) is 0 Å². The highest BCUT2D eigenvalue weighted by molar-refractivity contribution is 5.85. The minimum atomic E-state index is -4.76. The predicted molar refractivity (Wildman–Crippen MR) is 110 cm³/mol. The normalized spacial score (nSPS) is 18.4. The van der Waals surface area contributed by atoms with Crippen LogP contribution < -0.4 is 19.7 Å². The maximum absolute atomic E-state index is 12.4. The molecule has 31 heavy (non-hydrogen) atoms. The van der Waals surface area contributed by atoms with Gasteiger partial charge in [0.05, 0.1) is 12.2 Å². The van der Waals surface area contributed by atoms with Crippen LogP contribution in [0.3, 0.4) is 0 Å². The average molecular weight is 461 g/mol. The molecule has 2 aliphatic heterocycles. The summed E-state index contributed by atoms with van der Waals surface area (Å²) in [4.78, 5) is 11.0. The number of piperidine rings is 1. The quantitative estimate of drug-likeness (QED) is 0.743. The SMILES string of the molecule is Cc1cc(Oc2cccc(OC(F)(F)F)c2)nc(N2CCC3(CC2)CNCCO3)n1.Cl. The summed E-state index contributed by atoms with van der Waals surface area (Å²) in [5, 5.41) is 3.39. The van der Waals surface area contributed by atoms with E-state index in [9.17, 15) is 13.2 Å². The van der Waals surface area contributed by atoms with Gasteiger partial charge in [-0.3, -0.25) is 0 Å². The van der Waals surface area contributed by atoms with Gasteiger partial charge in [0.15, 0.2) is 0 Å². The van der Waals surface area contributed by atoms with E-state index in [2.05, 4.69) is 24.9 Å². The first kappa shape index (κ1) is 23.4.